The summed E-state index contributed by atoms with van der Waals surface area (Å²) in [5.41, 5.74) is 1.36. The Hall–Kier alpha value is -0.870. The van der Waals surface area contributed by atoms with Crippen LogP contribution in [0.2, 0.25) is 0 Å². The Morgan fingerprint density at radius 3 is 2.94 bits per heavy atom. The number of allylic oxidation sites excluding steroid dienone is 1. The zero-order chi connectivity index (χ0) is 12.8. The minimum Gasteiger partial charge on any atom is -0.363 e. The van der Waals surface area contributed by atoms with Gasteiger partial charge in [0, 0.05) is 19.6 Å². The van der Waals surface area contributed by atoms with Crippen molar-refractivity contribution >= 4 is 5.91 Å². The van der Waals surface area contributed by atoms with Gasteiger partial charge in [0.2, 0.25) is 5.91 Å². The molecule has 2 aliphatic rings. The molecule has 1 aliphatic heterocycles. The lowest BCUT2D eigenvalue weighted by Gasteiger charge is -2.38. The van der Waals surface area contributed by atoms with Crippen molar-refractivity contribution in [2.75, 3.05) is 26.2 Å². The van der Waals surface area contributed by atoms with E-state index in [1.54, 1.807) is 0 Å². The lowest BCUT2D eigenvalue weighted by Crippen LogP contribution is -2.59. The first-order valence-electron chi connectivity index (χ1n) is 6.97. The van der Waals surface area contributed by atoms with E-state index in [0.29, 0.717) is 0 Å². The Labute approximate surface area is 109 Å². The van der Waals surface area contributed by atoms with Crippen LogP contribution in [0.4, 0.5) is 0 Å². The van der Waals surface area contributed by atoms with Gasteiger partial charge >= 0.3 is 0 Å². The third-order valence-electron chi connectivity index (χ3n) is 3.70. The number of carbonyl (C=O) groups is 1. The summed E-state index contributed by atoms with van der Waals surface area (Å²) in [6.45, 7) is 4.63. The van der Waals surface area contributed by atoms with Gasteiger partial charge < -0.3 is 15.4 Å². The molecule has 0 atom stereocenters. The first-order chi connectivity index (χ1) is 8.68. The number of hydrogen-bond acceptors (Lipinski definition) is 3. The van der Waals surface area contributed by atoms with Gasteiger partial charge in [-0.05, 0) is 39.0 Å². The van der Waals surface area contributed by atoms with Gasteiger partial charge in [0.05, 0.1) is 5.60 Å². The Morgan fingerprint density at radius 2 is 2.33 bits per heavy atom. The van der Waals surface area contributed by atoms with Gasteiger partial charge in [0.15, 0.2) is 0 Å². The number of hydrogen-bond donors (Lipinski definition) is 2. The van der Waals surface area contributed by atoms with Gasteiger partial charge in [-0.2, -0.15) is 0 Å². The van der Waals surface area contributed by atoms with Crippen LogP contribution in [-0.2, 0) is 9.53 Å². The van der Waals surface area contributed by atoms with E-state index in [1.165, 1.54) is 31.3 Å². The van der Waals surface area contributed by atoms with Crippen molar-refractivity contribution in [3.05, 3.63) is 11.6 Å². The van der Waals surface area contributed by atoms with E-state index in [1.807, 2.05) is 6.92 Å². The fourth-order valence-corrected chi connectivity index (χ4v) is 2.36. The molecule has 1 saturated heterocycles. The first-order valence-corrected chi connectivity index (χ1v) is 6.97. The maximum Gasteiger partial charge on any atom is 0.246 e. The van der Waals surface area contributed by atoms with E-state index in [-0.39, 0.29) is 18.1 Å². The normalized spacial score (nSPS) is 21.9. The van der Waals surface area contributed by atoms with E-state index in [4.69, 9.17) is 4.74 Å². The number of rotatable bonds is 6. The predicted molar refractivity (Wildman–Crippen MR) is 71.4 cm³/mol. The summed E-state index contributed by atoms with van der Waals surface area (Å²) in [5, 5.41) is 6.07. The molecule has 1 fully saturated rings. The zero-order valence-electron chi connectivity index (χ0n) is 11.3. The molecule has 0 aromatic heterocycles. The second kappa shape index (κ2) is 6.34. The van der Waals surface area contributed by atoms with Crippen molar-refractivity contribution in [1.29, 1.82) is 0 Å². The minimum absolute atomic E-state index is 0.000431. The Bertz CT molecular complexity index is 322. The molecule has 2 rings (SSSR count). The Morgan fingerprint density at radius 1 is 1.50 bits per heavy atom. The monoisotopic (exact) mass is 252 g/mol. The fraction of sp³-hybridized carbons (Fsp3) is 0.786. The molecule has 1 heterocycles. The molecular weight excluding hydrogens is 228 g/mol. The number of carbonyl (C=O) groups excluding carboxylic acids is 1. The van der Waals surface area contributed by atoms with Crippen LogP contribution in [0.1, 0.15) is 39.0 Å². The smallest absolute Gasteiger partial charge is 0.246 e. The summed E-state index contributed by atoms with van der Waals surface area (Å²) >= 11 is 0. The van der Waals surface area contributed by atoms with E-state index in [9.17, 15) is 4.79 Å². The molecule has 4 nitrogen and oxygen atoms in total. The van der Waals surface area contributed by atoms with E-state index < -0.39 is 0 Å². The highest BCUT2D eigenvalue weighted by Crippen LogP contribution is 2.19. The number of ether oxygens (including phenoxy) is 1. The number of amides is 1. The number of nitrogens with one attached hydrogen (secondary N) is 2. The third-order valence-corrected chi connectivity index (χ3v) is 3.70. The van der Waals surface area contributed by atoms with E-state index in [2.05, 4.69) is 16.7 Å². The van der Waals surface area contributed by atoms with Crippen LogP contribution in [0.15, 0.2) is 11.6 Å². The molecule has 4 heteroatoms. The zero-order valence-corrected chi connectivity index (χ0v) is 11.3. The largest absolute Gasteiger partial charge is 0.363 e. The molecule has 0 spiro atoms. The SMILES string of the molecule is CC1(OCC(=O)NCCC2=CCCCC2)CNC1. The molecular formula is C14H24N2O2. The lowest BCUT2D eigenvalue weighted by atomic mass is 9.97. The molecule has 0 aromatic carbocycles. The van der Waals surface area contributed by atoms with Crippen LogP contribution in [0.25, 0.3) is 0 Å². The summed E-state index contributed by atoms with van der Waals surface area (Å²) in [6.07, 6.45) is 8.34. The average Bonchev–Trinajstić information content (AvgIpc) is 2.35. The van der Waals surface area contributed by atoms with Crippen molar-refractivity contribution in [1.82, 2.24) is 10.6 Å². The second-order valence-electron chi connectivity index (χ2n) is 5.55. The van der Waals surface area contributed by atoms with Gasteiger partial charge in [-0.15, -0.1) is 0 Å². The molecule has 1 aliphatic carbocycles. The standard InChI is InChI=1S/C14H24N2O2/c1-14(10-15-11-14)18-9-13(17)16-8-7-12-5-3-2-4-6-12/h5,15H,2-4,6-11H2,1H3,(H,16,17). The summed E-state index contributed by atoms with van der Waals surface area (Å²) in [7, 11) is 0. The quantitative estimate of drug-likeness (QED) is 0.702. The van der Waals surface area contributed by atoms with Gasteiger partial charge in [0.25, 0.3) is 0 Å². The van der Waals surface area contributed by atoms with E-state index >= 15 is 0 Å². The molecule has 0 unspecified atom stereocenters. The molecule has 18 heavy (non-hydrogen) atoms. The molecule has 0 aromatic rings. The van der Waals surface area contributed by atoms with Gasteiger partial charge in [-0.3, -0.25) is 4.79 Å². The lowest BCUT2D eigenvalue weighted by molar-refractivity contribution is -0.135. The molecule has 2 N–H and O–H groups in total. The van der Waals surface area contributed by atoms with Crippen LogP contribution >= 0.6 is 0 Å². The van der Waals surface area contributed by atoms with Crippen molar-refractivity contribution in [3.8, 4) is 0 Å². The summed E-state index contributed by atoms with van der Waals surface area (Å²) in [6, 6.07) is 0. The fourth-order valence-electron chi connectivity index (χ4n) is 2.36. The maximum atomic E-state index is 11.6. The average molecular weight is 252 g/mol. The minimum atomic E-state index is -0.136. The predicted octanol–water partition coefficient (Wildman–Crippen LogP) is 1.37. The first kappa shape index (κ1) is 13.6. The molecule has 1 amide bonds. The van der Waals surface area contributed by atoms with Crippen LogP contribution in [0, 0.1) is 0 Å². The molecule has 0 saturated carbocycles. The summed E-state index contributed by atoms with van der Waals surface area (Å²) in [4.78, 5) is 11.6. The maximum absolute atomic E-state index is 11.6. The van der Waals surface area contributed by atoms with Crippen molar-refractivity contribution in [3.63, 3.8) is 0 Å². The van der Waals surface area contributed by atoms with Crippen LogP contribution in [0.3, 0.4) is 0 Å². The Kier molecular flexibility index (Phi) is 4.78. The third kappa shape index (κ3) is 4.10. The molecule has 0 radical (unpaired) electrons. The van der Waals surface area contributed by atoms with Gasteiger partial charge in [-0.1, -0.05) is 11.6 Å². The van der Waals surface area contributed by atoms with Gasteiger partial charge in [0.1, 0.15) is 6.61 Å². The van der Waals surface area contributed by atoms with Crippen LogP contribution < -0.4 is 10.6 Å². The Balaban J connectivity index is 1.55. The summed E-state index contributed by atoms with van der Waals surface area (Å²) in [5.74, 6) is -0.000431. The van der Waals surface area contributed by atoms with Crippen LogP contribution in [-0.4, -0.2) is 37.7 Å². The molecule has 0 bridgehead atoms. The second-order valence-corrected chi connectivity index (χ2v) is 5.55. The summed E-state index contributed by atoms with van der Waals surface area (Å²) < 4.78 is 5.58. The van der Waals surface area contributed by atoms with Crippen LogP contribution in [0.5, 0.6) is 0 Å². The molecule has 102 valence electrons. The highest BCUT2D eigenvalue weighted by molar-refractivity contribution is 5.77. The van der Waals surface area contributed by atoms with Crippen molar-refractivity contribution in [2.24, 2.45) is 0 Å². The highest BCUT2D eigenvalue weighted by Gasteiger charge is 2.32. The topological polar surface area (TPSA) is 50.4 Å². The van der Waals surface area contributed by atoms with Crippen molar-refractivity contribution in [2.45, 2.75) is 44.6 Å². The highest BCUT2D eigenvalue weighted by atomic mass is 16.5. The van der Waals surface area contributed by atoms with Gasteiger partial charge in [-0.25, -0.2) is 0 Å². The van der Waals surface area contributed by atoms with E-state index in [0.717, 1.165) is 26.1 Å². The van der Waals surface area contributed by atoms with Crippen molar-refractivity contribution < 1.29 is 9.53 Å².